The van der Waals surface area contributed by atoms with Gasteiger partial charge in [-0.1, -0.05) is 0 Å². The zero-order valence-corrected chi connectivity index (χ0v) is 8.45. The minimum absolute atomic E-state index is 0.144. The molecule has 15 heavy (non-hydrogen) atoms. The maximum atomic E-state index is 13.3. The lowest BCUT2D eigenvalue weighted by Crippen LogP contribution is -2.25. The molecule has 1 unspecified atom stereocenters. The van der Waals surface area contributed by atoms with E-state index in [0.717, 1.165) is 0 Å². The molecule has 0 aromatic heterocycles. The van der Waals surface area contributed by atoms with Crippen LogP contribution in [0.25, 0.3) is 0 Å². The van der Waals surface area contributed by atoms with Gasteiger partial charge in [-0.3, -0.25) is 4.79 Å². The molecule has 0 spiro atoms. The van der Waals surface area contributed by atoms with Crippen molar-refractivity contribution in [1.29, 1.82) is 0 Å². The van der Waals surface area contributed by atoms with E-state index in [1.165, 1.54) is 26.2 Å². The Morgan fingerprint density at radius 3 is 2.73 bits per heavy atom. The van der Waals surface area contributed by atoms with Gasteiger partial charge in [-0.05, 0) is 19.1 Å². The second-order valence-electron chi connectivity index (χ2n) is 3.05. The Morgan fingerprint density at radius 1 is 1.60 bits per heavy atom. The maximum absolute atomic E-state index is 13.3. The number of nitrogens with one attached hydrogen (secondary N) is 1. The average Bonchev–Trinajstić information content (AvgIpc) is 2.20. The molecule has 0 aliphatic heterocycles. The van der Waals surface area contributed by atoms with Crippen LogP contribution in [0, 0.1) is 5.82 Å². The summed E-state index contributed by atoms with van der Waals surface area (Å²) >= 11 is 0. The Bertz CT molecular complexity index is 368. The minimum Gasteiger partial charge on any atom is -0.497 e. The second-order valence-corrected chi connectivity index (χ2v) is 3.05. The number of anilines is 1. The molecule has 0 saturated heterocycles. The molecule has 1 rings (SSSR count). The molecule has 4 nitrogen and oxygen atoms in total. The van der Waals surface area contributed by atoms with E-state index >= 15 is 0 Å². The normalized spacial score (nSPS) is 11.9. The molecule has 1 aromatic carbocycles. The summed E-state index contributed by atoms with van der Waals surface area (Å²) in [5.74, 6) is -1.19. The van der Waals surface area contributed by atoms with Gasteiger partial charge in [-0.2, -0.15) is 0 Å². The lowest BCUT2D eigenvalue weighted by Gasteiger charge is -2.12. The summed E-state index contributed by atoms with van der Waals surface area (Å²) in [6.45, 7) is 1.44. The summed E-state index contributed by atoms with van der Waals surface area (Å²) in [5.41, 5.74) is 0.144. The quantitative estimate of drug-likeness (QED) is 0.799. The Kier molecular flexibility index (Phi) is 3.49. The topological polar surface area (TPSA) is 58.6 Å². The van der Waals surface area contributed by atoms with Crippen LogP contribution in [-0.4, -0.2) is 24.2 Å². The number of halogens is 1. The first-order chi connectivity index (χ1) is 7.04. The fourth-order valence-corrected chi connectivity index (χ4v) is 1.03. The monoisotopic (exact) mass is 213 g/mol. The molecular weight excluding hydrogens is 201 g/mol. The molecule has 2 N–H and O–H groups in total. The summed E-state index contributed by atoms with van der Waals surface area (Å²) in [6.07, 6.45) is 0. The molecule has 1 atom stereocenters. The van der Waals surface area contributed by atoms with Crippen LogP contribution in [0.2, 0.25) is 0 Å². The summed E-state index contributed by atoms with van der Waals surface area (Å²) < 4.78 is 18.1. The Morgan fingerprint density at radius 2 is 2.27 bits per heavy atom. The number of carboxylic acid groups (broad SMARTS) is 1. The first kappa shape index (κ1) is 11.3. The van der Waals surface area contributed by atoms with Crippen LogP contribution in [0.15, 0.2) is 18.2 Å². The van der Waals surface area contributed by atoms with E-state index in [0.29, 0.717) is 5.75 Å². The van der Waals surface area contributed by atoms with Crippen molar-refractivity contribution >= 4 is 11.7 Å². The molecule has 0 bridgehead atoms. The molecule has 0 fully saturated rings. The highest BCUT2D eigenvalue weighted by Gasteiger charge is 2.12. The lowest BCUT2D eigenvalue weighted by molar-refractivity contribution is -0.137. The van der Waals surface area contributed by atoms with E-state index < -0.39 is 17.8 Å². The molecule has 0 saturated carbocycles. The predicted molar refractivity (Wildman–Crippen MR) is 53.7 cm³/mol. The third-order valence-corrected chi connectivity index (χ3v) is 1.92. The van der Waals surface area contributed by atoms with E-state index in [-0.39, 0.29) is 5.69 Å². The van der Waals surface area contributed by atoms with Gasteiger partial charge in [-0.15, -0.1) is 0 Å². The van der Waals surface area contributed by atoms with Gasteiger partial charge in [0.15, 0.2) is 0 Å². The number of rotatable bonds is 4. The van der Waals surface area contributed by atoms with Gasteiger partial charge >= 0.3 is 5.97 Å². The third kappa shape index (κ3) is 2.83. The van der Waals surface area contributed by atoms with Crippen LogP contribution in [0.1, 0.15) is 6.92 Å². The van der Waals surface area contributed by atoms with Crippen molar-refractivity contribution in [3.63, 3.8) is 0 Å². The van der Waals surface area contributed by atoms with Gasteiger partial charge in [0.1, 0.15) is 17.6 Å². The molecule has 1 aromatic rings. The molecule has 0 radical (unpaired) electrons. The number of ether oxygens (including phenoxy) is 1. The number of benzene rings is 1. The van der Waals surface area contributed by atoms with Crippen molar-refractivity contribution in [2.75, 3.05) is 12.4 Å². The fraction of sp³-hybridized carbons (Fsp3) is 0.300. The smallest absolute Gasteiger partial charge is 0.325 e. The summed E-state index contributed by atoms with van der Waals surface area (Å²) in [7, 11) is 1.43. The van der Waals surface area contributed by atoms with Crippen molar-refractivity contribution in [2.45, 2.75) is 13.0 Å². The highest BCUT2D eigenvalue weighted by Crippen LogP contribution is 2.20. The van der Waals surface area contributed by atoms with Gasteiger partial charge in [0.2, 0.25) is 0 Å². The highest BCUT2D eigenvalue weighted by atomic mass is 19.1. The molecule has 0 aliphatic carbocycles. The third-order valence-electron chi connectivity index (χ3n) is 1.92. The van der Waals surface area contributed by atoms with E-state index in [4.69, 9.17) is 9.84 Å². The van der Waals surface area contributed by atoms with E-state index in [1.807, 2.05) is 0 Å². The van der Waals surface area contributed by atoms with Gasteiger partial charge < -0.3 is 15.2 Å². The highest BCUT2D eigenvalue weighted by molar-refractivity contribution is 5.76. The van der Waals surface area contributed by atoms with Gasteiger partial charge in [-0.25, -0.2) is 4.39 Å². The number of methoxy groups -OCH3 is 1. The molecule has 82 valence electrons. The lowest BCUT2D eigenvalue weighted by atomic mass is 10.2. The molecule has 5 heteroatoms. The number of hydrogen-bond donors (Lipinski definition) is 2. The maximum Gasteiger partial charge on any atom is 0.325 e. The van der Waals surface area contributed by atoms with Crippen molar-refractivity contribution < 1.29 is 19.0 Å². The first-order valence-electron chi connectivity index (χ1n) is 4.37. The van der Waals surface area contributed by atoms with Crippen molar-refractivity contribution in [3.05, 3.63) is 24.0 Å². The Hall–Kier alpha value is -1.78. The minimum atomic E-state index is -1.04. The van der Waals surface area contributed by atoms with Crippen molar-refractivity contribution in [3.8, 4) is 5.75 Å². The van der Waals surface area contributed by atoms with Crippen LogP contribution in [0.5, 0.6) is 5.75 Å². The van der Waals surface area contributed by atoms with Crippen molar-refractivity contribution in [1.82, 2.24) is 0 Å². The zero-order chi connectivity index (χ0) is 11.4. The van der Waals surface area contributed by atoms with Crippen LogP contribution in [0.4, 0.5) is 10.1 Å². The molecule has 0 heterocycles. The van der Waals surface area contributed by atoms with Gasteiger partial charge in [0.25, 0.3) is 0 Å². The largest absolute Gasteiger partial charge is 0.497 e. The van der Waals surface area contributed by atoms with Crippen molar-refractivity contribution in [2.24, 2.45) is 0 Å². The van der Waals surface area contributed by atoms with Crippen LogP contribution < -0.4 is 10.1 Å². The van der Waals surface area contributed by atoms with Crippen LogP contribution in [-0.2, 0) is 4.79 Å². The molecular formula is C10H12FNO3. The van der Waals surface area contributed by atoms with Gasteiger partial charge in [0.05, 0.1) is 12.8 Å². The summed E-state index contributed by atoms with van der Waals surface area (Å²) in [5, 5.41) is 11.2. The summed E-state index contributed by atoms with van der Waals surface area (Å²) in [6, 6.07) is 3.35. The number of carbonyl (C=O) groups is 1. The average molecular weight is 213 g/mol. The Labute approximate surface area is 86.7 Å². The van der Waals surface area contributed by atoms with E-state index in [1.54, 1.807) is 6.07 Å². The van der Waals surface area contributed by atoms with Gasteiger partial charge in [0, 0.05) is 6.07 Å². The first-order valence-corrected chi connectivity index (χ1v) is 4.37. The van der Waals surface area contributed by atoms with Crippen LogP contribution >= 0.6 is 0 Å². The molecule has 0 amide bonds. The van der Waals surface area contributed by atoms with E-state index in [2.05, 4.69) is 5.32 Å². The number of hydrogen-bond acceptors (Lipinski definition) is 3. The Balaban J connectivity index is 2.82. The fourth-order valence-electron chi connectivity index (χ4n) is 1.03. The summed E-state index contributed by atoms with van der Waals surface area (Å²) in [4.78, 5) is 10.5. The number of carboxylic acids is 1. The standard InChI is InChI=1S/C10H12FNO3/c1-6(10(13)14)12-9-4-3-7(15-2)5-8(9)11/h3-6,12H,1-2H3,(H,13,14). The van der Waals surface area contributed by atoms with E-state index in [9.17, 15) is 9.18 Å². The number of aliphatic carboxylic acids is 1. The zero-order valence-electron chi connectivity index (χ0n) is 8.45. The predicted octanol–water partition coefficient (Wildman–Crippen LogP) is 1.72. The SMILES string of the molecule is COc1ccc(NC(C)C(=O)O)c(F)c1. The second kappa shape index (κ2) is 4.63. The van der Waals surface area contributed by atoms with Crippen LogP contribution in [0.3, 0.4) is 0 Å². The molecule has 0 aliphatic rings.